The van der Waals surface area contributed by atoms with Gasteiger partial charge < -0.3 is 10.1 Å². The number of fused-ring (bicyclic) bond motifs is 1. The molecule has 4 aromatic rings. The summed E-state index contributed by atoms with van der Waals surface area (Å²) in [5, 5.41) is 4.66. The van der Waals surface area contributed by atoms with Crippen molar-refractivity contribution in [2.24, 2.45) is 0 Å². The Hall–Kier alpha value is -2.92. The lowest BCUT2D eigenvalue weighted by Gasteiger charge is -2.22. The van der Waals surface area contributed by atoms with Gasteiger partial charge in [-0.15, -0.1) is 0 Å². The van der Waals surface area contributed by atoms with E-state index in [1.807, 2.05) is 42.7 Å². The fraction of sp³-hybridized carbons (Fsp3) is 0.280. The number of aromatic nitrogens is 2. The third-order valence-electron chi connectivity index (χ3n) is 5.68. The predicted molar refractivity (Wildman–Crippen MR) is 124 cm³/mol. The van der Waals surface area contributed by atoms with Gasteiger partial charge in [-0.05, 0) is 42.7 Å². The van der Waals surface area contributed by atoms with E-state index in [1.54, 1.807) is 11.3 Å². The molecule has 0 radical (unpaired) electrons. The van der Waals surface area contributed by atoms with Crippen molar-refractivity contribution in [3.8, 4) is 16.9 Å². The van der Waals surface area contributed by atoms with Crippen LogP contribution in [0.4, 0.5) is 5.13 Å². The van der Waals surface area contributed by atoms with Crippen LogP contribution in [0.15, 0.2) is 67.0 Å². The standard InChI is InChI=1S/C25H25N3OS/c1-3-7-18(8-4-1)22-16-26-14-13-19(22)17-29-21-11-12-23-24(15-21)30-25(28-23)27-20-9-5-2-6-10-20/h1,3-4,7-8,11-16,20H,2,5-6,9-10,17H2,(H,27,28). The minimum Gasteiger partial charge on any atom is -0.489 e. The zero-order valence-electron chi connectivity index (χ0n) is 16.9. The van der Waals surface area contributed by atoms with Crippen LogP contribution in [0.1, 0.15) is 37.7 Å². The maximum atomic E-state index is 6.15. The van der Waals surface area contributed by atoms with Gasteiger partial charge in [0.15, 0.2) is 5.13 Å². The van der Waals surface area contributed by atoms with Crippen molar-refractivity contribution < 1.29 is 4.74 Å². The van der Waals surface area contributed by atoms with E-state index in [1.165, 1.54) is 32.1 Å². The molecule has 2 aromatic heterocycles. The van der Waals surface area contributed by atoms with Gasteiger partial charge in [0, 0.05) is 29.6 Å². The fourth-order valence-electron chi connectivity index (χ4n) is 4.07. The van der Waals surface area contributed by atoms with Crippen molar-refractivity contribution in [3.05, 3.63) is 72.6 Å². The van der Waals surface area contributed by atoms with E-state index in [2.05, 4.69) is 34.6 Å². The minimum absolute atomic E-state index is 0.504. The normalized spacial score (nSPS) is 14.7. The summed E-state index contributed by atoms with van der Waals surface area (Å²) >= 11 is 1.71. The number of rotatable bonds is 6. The quantitative estimate of drug-likeness (QED) is 0.381. The van der Waals surface area contributed by atoms with Gasteiger partial charge in [-0.2, -0.15) is 0 Å². The molecular formula is C25H25N3OS. The maximum absolute atomic E-state index is 6.15. The van der Waals surface area contributed by atoms with Crippen LogP contribution in [0.2, 0.25) is 0 Å². The first-order chi connectivity index (χ1) is 14.8. The van der Waals surface area contributed by atoms with Gasteiger partial charge in [-0.3, -0.25) is 4.98 Å². The average molecular weight is 416 g/mol. The van der Waals surface area contributed by atoms with Gasteiger partial charge in [0.05, 0.1) is 10.2 Å². The number of anilines is 1. The lowest BCUT2D eigenvalue weighted by atomic mass is 9.96. The third-order valence-corrected chi connectivity index (χ3v) is 6.63. The molecule has 1 fully saturated rings. The summed E-state index contributed by atoms with van der Waals surface area (Å²) in [6.45, 7) is 0.504. The summed E-state index contributed by atoms with van der Waals surface area (Å²) in [4.78, 5) is 9.06. The van der Waals surface area contributed by atoms with Gasteiger partial charge in [0.2, 0.25) is 0 Å². The van der Waals surface area contributed by atoms with Crippen LogP contribution in [-0.4, -0.2) is 16.0 Å². The molecule has 2 aromatic carbocycles. The molecule has 4 nitrogen and oxygen atoms in total. The molecule has 0 aliphatic heterocycles. The van der Waals surface area contributed by atoms with E-state index in [9.17, 15) is 0 Å². The maximum Gasteiger partial charge on any atom is 0.184 e. The summed E-state index contributed by atoms with van der Waals surface area (Å²) in [6, 6.07) is 19.1. The number of hydrogen-bond donors (Lipinski definition) is 1. The first kappa shape index (κ1) is 19.1. The number of nitrogens with one attached hydrogen (secondary N) is 1. The molecule has 1 N–H and O–H groups in total. The zero-order valence-corrected chi connectivity index (χ0v) is 17.7. The van der Waals surface area contributed by atoms with Crippen LogP contribution in [-0.2, 0) is 6.61 Å². The third kappa shape index (κ3) is 4.31. The Bertz CT molecular complexity index is 1120. The highest BCUT2D eigenvalue weighted by Gasteiger charge is 2.15. The van der Waals surface area contributed by atoms with E-state index in [0.29, 0.717) is 12.6 Å². The molecule has 5 heteroatoms. The summed E-state index contributed by atoms with van der Waals surface area (Å²) in [6.07, 6.45) is 10.2. The van der Waals surface area contributed by atoms with Gasteiger partial charge in [0.1, 0.15) is 12.4 Å². The first-order valence-electron chi connectivity index (χ1n) is 10.6. The van der Waals surface area contributed by atoms with Gasteiger partial charge in [0.25, 0.3) is 0 Å². The Kier molecular flexibility index (Phi) is 5.62. The van der Waals surface area contributed by atoms with Crippen LogP contribution in [0.25, 0.3) is 21.3 Å². The highest BCUT2D eigenvalue weighted by Crippen LogP contribution is 2.32. The average Bonchev–Trinajstić information content (AvgIpc) is 3.20. The Morgan fingerprint density at radius 1 is 1.00 bits per heavy atom. The summed E-state index contributed by atoms with van der Waals surface area (Å²) in [5.41, 5.74) is 4.41. The number of ether oxygens (including phenoxy) is 1. The lowest BCUT2D eigenvalue weighted by Crippen LogP contribution is -2.21. The largest absolute Gasteiger partial charge is 0.489 e. The van der Waals surface area contributed by atoms with Crippen molar-refractivity contribution in [1.82, 2.24) is 9.97 Å². The fourth-order valence-corrected chi connectivity index (χ4v) is 5.04. The molecule has 1 saturated carbocycles. The molecule has 30 heavy (non-hydrogen) atoms. The molecule has 0 bridgehead atoms. The number of benzene rings is 2. The summed E-state index contributed by atoms with van der Waals surface area (Å²) in [5.74, 6) is 0.867. The van der Waals surface area contributed by atoms with Gasteiger partial charge in [-0.1, -0.05) is 60.9 Å². The molecule has 1 aliphatic carbocycles. The summed E-state index contributed by atoms with van der Waals surface area (Å²) < 4.78 is 7.31. The van der Waals surface area contributed by atoms with Crippen LogP contribution in [0.3, 0.4) is 0 Å². The van der Waals surface area contributed by atoms with Crippen LogP contribution < -0.4 is 10.1 Å². The second kappa shape index (κ2) is 8.84. The zero-order chi connectivity index (χ0) is 20.2. The second-order valence-corrected chi connectivity index (χ2v) is 8.85. The Balaban J connectivity index is 1.30. The Morgan fingerprint density at radius 3 is 2.73 bits per heavy atom. The van der Waals surface area contributed by atoms with Crippen molar-refractivity contribution >= 4 is 26.7 Å². The van der Waals surface area contributed by atoms with Crippen molar-refractivity contribution in [2.45, 2.75) is 44.8 Å². The van der Waals surface area contributed by atoms with E-state index in [0.717, 1.165) is 37.8 Å². The minimum atomic E-state index is 0.504. The topological polar surface area (TPSA) is 47.0 Å². The Labute approximate surface area is 181 Å². The number of pyridine rings is 1. The highest BCUT2D eigenvalue weighted by atomic mass is 32.1. The molecule has 0 atom stereocenters. The molecule has 1 aliphatic rings. The smallest absolute Gasteiger partial charge is 0.184 e. The van der Waals surface area contributed by atoms with Crippen LogP contribution in [0.5, 0.6) is 5.75 Å². The van der Waals surface area contributed by atoms with Crippen LogP contribution >= 0.6 is 11.3 Å². The molecule has 0 amide bonds. The number of nitrogens with zero attached hydrogens (tertiary/aromatic N) is 2. The molecule has 0 saturated heterocycles. The van der Waals surface area contributed by atoms with Crippen molar-refractivity contribution in [1.29, 1.82) is 0 Å². The Morgan fingerprint density at radius 2 is 1.87 bits per heavy atom. The van der Waals surface area contributed by atoms with Gasteiger partial charge in [-0.25, -0.2) is 4.98 Å². The SMILES string of the molecule is c1ccc(-c2cnccc2COc2ccc3nc(NC4CCCCC4)sc3c2)cc1. The summed E-state index contributed by atoms with van der Waals surface area (Å²) in [7, 11) is 0. The molecule has 152 valence electrons. The second-order valence-electron chi connectivity index (χ2n) is 7.82. The van der Waals surface area contributed by atoms with E-state index < -0.39 is 0 Å². The highest BCUT2D eigenvalue weighted by molar-refractivity contribution is 7.22. The molecular weight excluding hydrogens is 390 g/mol. The molecule has 0 unspecified atom stereocenters. The van der Waals surface area contributed by atoms with Crippen LogP contribution in [0, 0.1) is 0 Å². The molecule has 5 rings (SSSR count). The monoisotopic (exact) mass is 415 g/mol. The molecule has 0 spiro atoms. The van der Waals surface area contributed by atoms with Crippen molar-refractivity contribution in [2.75, 3.05) is 5.32 Å². The van der Waals surface area contributed by atoms with E-state index in [-0.39, 0.29) is 0 Å². The lowest BCUT2D eigenvalue weighted by molar-refractivity contribution is 0.307. The van der Waals surface area contributed by atoms with E-state index in [4.69, 9.17) is 9.72 Å². The first-order valence-corrected chi connectivity index (χ1v) is 11.4. The molecule has 2 heterocycles. The predicted octanol–water partition coefficient (Wildman–Crippen LogP) is 6.68. The van der Waals surface area contributed by atoms with Crippen molar-refractivity contribution in [3.63, 3.8) is 0 Å². The number of thiazole rings is 1. The van der Waals surface area contributed by atoms with Gasteiger partial charge >= 0.3 is 0 Å². The number of hydrogen-bond acceptors (Lipinski definition) is 5. The van der Waals surface area contributed by atoms with E-state index >= 15 is 0 Å².